The number of hydrogen-bond donors (Lipinski definition) is 4. The van der Waals surface area contributed by atoms with E-state index in [9.17, 15) is 19.2 Å². The van der Waals surface area contributed by atoms with E-state index in [1.165, 1.54) is 13.0 Å². The number of fused-ring (bicyclic) bond motifs is 2. The van der Waals surface area contributed by atoms with E-state index in [1.807, 2.05) is 60.7 Å². The Morgan fingerprint density at radius 2 is 1.48 bits per heavy atom. The molecule has 2 heterocycles. The van der Waals surface area contributed by atoms with E-state index in [4.69, 9.17) is 9.26 Å². The first kappa shape index (κ1) is 32.4. The molecule has 2 bridgehead atoms. The van der Waals surface area contributed by atoms with E-state index >= 15 is 0 Å². The Bertz CT molecular complexity index is 1380. The maximum atomic E-state index is 13.7. The highest BCUT2D eigenvalue weighted by molar-refractivity contribution is 5.97. The smallest absolute Gasteiger partial charge is 0.274 e. The predicted molar refractivity (Wildman–Crippen MR) is 162 cm³/mol. The summed E-state index contributed by atoms with van der Waals surface area (Å²) < 4.78 is 10.6. The number of amides is 4. The summed E-state index contributed by atoms with van der Waals surface area (Å²) in [7, 11) is 1.63. The molecule has 0 spiro atoms. The number of ether oxygens (including phenoxy) is 1. The molecule has 2 aromatic carbocycles. The molecule has 12 heteroatoms. The molecule has 0 aliphatic carbocycles. The van der Waals surface area contributed by atoms with Crippen molar-refractivity contribution < 1.29 is 28.4 Å². The van der Waals surface area contributed by atoms with Crippen LogP contribution >= 0.6 is 0 Å². The van der Waals surface area contributed by atoms with E-state index in [1.54, 1.807) is 7.11 Å². The normalized spacial score (nSPS) is 20.9. The third kappa shape index (κ3) is 9.75. The van der Waals surface area contributed by atoms with Crippen LogP contribution in [0.5, 0.6) is 0 Å². The summed E-state index contributed by atoms with van der Waals surface area (Å²) in [6, 6.07) is 17.3. The van der Waals surface area contributed by atoms with Crippen LogP contribution in [0.25, 0.3) is 0 Å². The van der Waals surface area contributed by atoms with Crippen molar-refractivity contribution in [1.82, 2.24) is 31.3 Å². The third-order valence-electron chi connectivity index (χ3n) is 7.29. The van der Waals surface area contributed by atoms with E-state index < -0.39 is 35.8 Å². The Kier molecular flexibility index (Phi) is 12.0. The average molecular weight is 605 g/mol. The summed E-state index contributed by atoms with van der Waals surface area (Å²) in [4.78, 5) is 55.4. The standard InChI is InChI=1S/C32H40N6O6/c1-22-29(39)35-27(19-24-12-7-4-8-13-24)31(41)36-26(18-23-10-5-3-6-11-23)30(40)33-14-16-38(15-9-17-43-2)21-25-20-28(37-44-25)32(42)34-22/h3-8,10-13,20,22,26-27H,9,14-19,21H2,1-2H3,(H,33,40)(H,34,42)(H,35,39)(H,36,41)/t22-,26+,27-/m0/s1. The van der Waals surface area contributed by atoms with Gasteiger partial charge < -0.3 is 30.5 Å². The predicted octanol–water partition coefficient (Wildman–Crippen LogP) is 1.22. The fraction of sp³-hybridized carbons (Fsp3) is 0.406. The zero-order valence-electron chi connectivity index (χ0n) is 25.1. The van der Waals surface area contributed by atoms with Crippen molar-refractivity contribution in [2.45, 2.75) is 50.9 Å². The van der Waals surface area contributed by atoms with E-state index in [-0.39, 0.29) is 24.4 Å². The molecule has 0 fully saturated rings. The van der Waals surface area contributed by atoms with E-state index in [2.05, 4.69) is 31.3 Å². The second-order valence-electron chi connectivity index (χ2n) is 10.8. The number of carbonyl (C=O) groups excluding carboxylic acids is 4. The largest absolute Gasteiger partial charge is 0.385 e. The molecule has 44 heavy (non-hydrogen) atoms. The molecule has 0 radical (unpaired) electrons. The maximum Gasteiger partial charge on any atom is 0.274 e. The van der Waals surface area contributed by atoms with Crippen LogP contribution in [0.2, 0.25) is 0 Å². The number of nitrogens with one attached hydrogen (secondary N) is 4. The van der Waals surface area contributed by atoms with Crippen LogP contribution in [0.4, 0.5) is 0 Å². The number of nitrogens with zero attached hydrogens (tertiary/aromatic N) is 2. The lowest BCUT2D eigenvalue weighted by Crippen LogP contribution is -2.57. The molecule has 12 nitrogen and oxygen atoms in total. The lowest BCUT2D eigenvalue weighted by atomic mass is 10.0. The second kappa shape index (κ2) is 16.3. The molecule has 0 saturated heterocycles. The third-order valence-corrected chi connectivity index (χ3v) is 7.29. The van der Waals surface area contributed by atoms with E-state index in [0.29, 0.717) is 38.5 Å². The van der Waals surface area contributed by atoms with Gasteiger partial charge >= 0.3 is 0 Å². The zero-order valence-corrected chi connectivity index (χ0v) is 25.1. The molecular weight excluding hydrogens is 564 g/mol. The molecule has 4 N–H and O–H groups in total. The Labute approximate surface area is 256 Å². The Morgan fingerprint density at radius 1 is 0.864 bits per heavy atom. The quantitative estimate of drug-likeness (QED) is 0.280. The van der Waals surface area contributed by atoms with Crippen molar-refractivity contribution >= 4 is 23.6 Å². The van der Waals surface area contributed by atoms with Gasteiger partial charge in [0.15, 0.2) is 11.5 Å². The van der Waals surface area contributed by atoms with Crippen molar-refractivity contribution in [2.24, 2.45) is 0 Å². The highest BCUT2D eigenvalue weighted by Crippen LogP contribution is 2.11. The highest BCUT2D eigenvalue weighted by Gasteiger charge is 2.29. The molecule has 4 rings (SSSR count). The number of aromatic nitrogens is 1. The average Bonchev–Trinajstić information content (AvgIpc) is 3.49. The van der Waals surface area contributed by atoms with Gasteiger partial charge in [0.05, 0.1) is 6.54 Å². The van der Waals surface area contributed by atoms with Crippen LogP contribution in [0.3, 0.4) is 0 Å². The second-order valence-corrected chi connectivity index (χ2v) is 10.8. The number of methoxy groups -OCH3 is 1. The lowest BCUT2D eigenvalue weighted by molar-refractivity contribution is -0.132. The van der Waals surface area contributed by atoms with Crippen molar-refractivity contribution in [1.29, 1.82) is 0 Å². The molecule has 1 aliphatic rings. The number of benzene rings is 2. The monoisotopic (exact) mass is 604 g/mol. The molecule has 3 aromatic rings. The lowest BCUT2D eigenvalue weighted by Gasteiger charge is -2.25. The van der Waals surface area contributed by atoms with Gasteiger partial charge in [-0.15, -0.1) is 0 Å². The number of rotatable bonds is 8. The van der Waals surface area contributed by atoms with Gasteiger partial charge in [0.1, 0.15) is 18.1 Å². The maximum absolute atomic E-state index is 13.7. The topological polar surface area (TPSA) is 155 Å². The summed E-state index contributed by atoms with van der Waals surface area (Å²) in [5.41, 5.74) is 1.73. The van der Waals surface area contributed by atoms with Crippen LogP contribution in [0, 0.1) is 0 Å². The van der Waals surface area contributed by atoms with Gasteiger partial charge in [0.25, 0.3) is 5.91 Å². The summed E-state index contributed by atoms with van der Waals surface area (Å²) >= 11 is 0. The molecule has 1 aliphatic heterocycles. The van der Waals surface area contributed by atoms with Gasteiger partial charge in [-0.1, -0.05) is 65.8 Å². The van der Waals surface area contributed by atoms with Gasteiger partial charge in [-0.25, -0.2) is 0 Å². The fourth-order valence-corrected chi connectivity index (χ4v) is 4.90. The van der Waals surface area contributed by atoms with Crippen LogP contribution < -0.4 is 21.3 Å². The SMILES string of the molecule is COCCCN1CCNC(=O)[C@@H](Cc2ccccc2)NC(=O)[C@H](Cc2ccccc2)NC(=O)[C@H](C)NC(=O)c2cc(on2)C1. The first-order valence-electron chi connectivity index (χ1n) is 14.8. The number of hydrogen-bond acceptors (Lipinski definition) is 8. The molecule has 4 amide bonds. The zero-order chi connectivity index (χ0) is 31.3. The minimum atomic E-state index is -1.01. The van der Waals surface area contributed by atoms with Gasteiger partial charge in [0.2, 0.25) is 17.7 Å². The summed E-state index contributed by atoms with van der Waals surface area (Å²) in [6.45, 7) is 3.86. The molecule has 0 saturated carbocycles. The Hall–Kier alpha value is -4.55. The first-order valence-corrected chi connectivity index (χ1v) is 14.8. The molecule has 234 valence electrons. The Balaban J connectivity index is 1.61. The number of carbonyl (C=O) groups is 4. The molecule has 0 unspecified atom stereocenters. The van der Waals surface area contributed by atoms with Crippen LogP contribution in [0.15, 0.2) is 71.3 Å². The first-order chi connectivity index (χ1) is 21.3. The van der Waals surface area contributed by atoms with Gasteiger partial charge in [-0.3, -0.25) is 24.1 Å². The van der Waals surface area contributed by atoms with Gasteiger partial charge in [-0.2, -0.15) is 0 Å². The summed E-state index contributed by atoms with van der Waals surface area (Å²) in [5, 5.41) is 15.1. The molecule has 3 atom stereocenters. The van der Waals surface area contributed by atoms with Crippen molar-refractivity contribution in [3.63, 3.8) is 0 Å². The van der Waals surface area contributed by atoms with Crippen molar-refractivity contribution in [2.75, 3.05) is 33.4 Å². The van der Waals surface area contributed by atoms with Crippen LogP contribution in [-0.4, -0.2) is 85.2 Å². The van der Waals surface area contributed by atoms with Crippen LogP contribution in [0.1, 0.15) is 40.7 Å². The summed E-state index contributed by atoms with van der Waals surface area (Å²) in [5.74, 6) is -1.52. The van der Waals surface area contributed by atoms with Gasteiger partial charge in [-0.05, 0) is 24.5 Å². The van der Waals surface area contributed by atoms with Crippen molar-refractivity contribution in [3.05, 3.63) is 89.3 Å². The summed E-state index contributed by atoms with van der Waals surface area (Å²) in [6.07, 6.45) is 1.19. The fourth-order valence-electron chi connectivity index (χ4n) is 4.90. The Morgan fingerprint density at radius 3 is 2.11 bits per heavy atom. The van der Waals surface area contributed by atoms with E-state index in [0.717, 1.165) is 17.5 Å². The van der Waals surface area contributed by atoms with Crippen LogP contribution in [-0.2, 0) is 38.5 Å². The molecular formula is C32H40N6O6. The minimum Gasteiger partial charge on any atom is -0.385 e. The minimum absolute atomic E-state index is 0.0354. The van der Waals surface area contributed by atoms with Crippen molar-refractivity contribution in [3.8, 4) is 0 Å². The van der Waals surface area contributed by atoms with Gasteiger partial charge in [0, 0.05) is 52.3 Å². The molecule has 1 aromatic heterocycles. The highest BCUT2D eigenvalue weighted by atomic mass is 16.5.